The quantitative estimate of drug-likeness (QED) is 0.607. The summed E-state index contributed by atoms with van der Waals surface area (Å²) in [5.74, 6) is 0.374. The molecule has 0 aromatic carbocycles. The molecular weight excluding hydrogens is 246 g/mol. The van der Waals surface area contributed by atoms with Gasteiger partial charge in [-0.15, -0.1) is 0 Å². The van der Waals surface area contributed by atoms with Crippen LogP contribution in [0.2, 0.25) is 0 Å². The molecular formula is C14H21NO4. The number of methoxy groups -OCH3 is 1. The van der Waals surface area contributed by atoms with Gasteiger partial charge in [0.2, 0.25) is 0 Å². The second-order valence-electron chi connectivity index (χ2n) is 4.41. The summed E-state index contributed by atoms with van der Waals surface area (Å²) in [6, 6.07) is 1.89. The molecule has 19 heavy (non-hydrogen) atoms. The van der Waals surface area contributed by atoms with Crippen molar-refractivity contribution in [2.45, 2.75) is 25.8 Å². The first-order chi connectivity index (χ1) is 9.13. The Morgan fingerprint density at radius 2 is 2.32 bits per heavy atom. The smallest absolute Gasteiger partial charge is 0.472 e. The average Bonchev–Trinajstić information content (AvgIpc) is 2.94. The zero-order valence-corrected chi connectivity index (χ0v) is 11.4. The van der Waals surface area contributed by atoms with Crippen LogP contribution in [0.5, 0.6) is 0 Å². The molecule has 0 aliphatic rings. The van der Waals surface area contributed by atoms with Crippen LogP contribution >= 0.6 is 0 Å². The molecule has 0 bridgehead atoms. The molecule has 0 spiro atoms. The highest BCUT2D eigenvalue weighted by Gasteiger charge is 2.08. The van der Waals surface area contributed by atoms with E-state index in [1.165, 1.54) is 7.11 Å². The lowest BCUT2D eigenvalue weighted by Gasteiger charge is -2.11. The van der Waals surface area contributed by atoms with Gasteiger partial charge >= 0.3 is 6.16 Å². The Morgan fingerprint density at radius 3 is 2.95 bits per heavy atom. The van der Waals surface area contributed by atoms with Gasteiger partial charge in [0.25, 0.3) is 0 Å². The maximum Gasteiger partial charge on any atom is 0.508 e. The van der Waals surface area contributed by atoms with Crippen LogP contribution in [0.1, 0.15) is 31.4 Å². The fourth-order valence-corrected chi connectivity index (χ4v) is 1.65. The predicted octanol–water partition coefficient (Wildman–Crippen LogP) is 3.03. The van der Waals surface area contributed by atoms with E-state index in [2.05, 4.69) is 11.7 Å². The first-order valence-electron chi connectivity index (χ1n) is 6.28. The van der Waals surface area contributed by atoms with Crippen LogP contribution in [0.25, 0.3) is 0 Å². The van der Waals surface area contributed by atoms with Gasteiger partial charge in [0, 0.05) is 11.6 Å². The molecule has 2 atom stereocenters. The molecule has 0 radical (unpaired) electrons. The van der Waals surface area contributed by atoms with Crippen LogP contribution in [-0.2, 0) is 9.47 Å². The predicted molar refractivity (Wildman–Crippen MR) is 71.5 cm³/mol. The molecule has 0 aliphatic heterocycles. The summed E-state index contributed by atoms with van der Waals surface area (Å²) in [7, 11) is 1.28. The van der Waals surface area contributed by atoms with Crippen molar-refractivity contribution in [3.8, 4) is 0 Å². The van der Waals surface area contributed by atoms with Crippen molar-refractivity contribution in [3.63, 3.8) is 0 Å². The Kier molecular flexibility index (Phi) is 6.74. The molecule has 5 nitrogen and oxygen atoms in total. The minimum Gasteiger partial charge on any atom is -0.472 e. The van der Waals surface area contributed by atoms with Gasteiger partial charge < -0.3 is 19.6 Å². The summed E-state index contributed by atoms with van der Waals surface area (Å²) >= 11 is 0. The van der Waals surface area contributed by atoms with Gasteiger partial charge in [-0.2, -0.15) is 0 Å². The lowest BCUT2D eigenvalue weighted by molar-refractivity contribution is 0.0817. The summed E-state index contributed by atoms with van der Waals surface area (Å²) in [4.78, 5) is 10.7. The Labute approximate surface area is 113 Å². The zero-order valence-electron chi connectivity index (χ0n) is 11.4. The van der Waals surface area contributed by atoms with E-state index in [4.69, 9.17) is 14.9 Å². The minimum atomic E-state index is -0.667. The van der Waals surface area contributed by atoms with Crippen molar-refractivity contribution in [1.82, 2.24) is 0 Å². The largest absolute Gasteiger partial charge is 0.508 e. The summed E-state index contributed by atoms with van der Waals surface area (Å²) in [6.07, 6.45) is 8.29. The number of hydrogen-bond donors (Lipinski definition) is 1. The zero-order chi connectivity index (χ0) is 14.1. The molecule has 0 fully saturated rings. The number of furan rings is 1. The molecule has 106 valence electrons. The van der Waals surface area contributed by atoms with Crippen LogP contribution in [-0.4, -0.2) is 19.9 Å². The van der Waals surface area contributed by atoms with Crippen LogP contribution < -0.4 is 5.73 Å². The average molecular weight is 267 g/mol. The molecule has 1 aromatic rings. The van der Waals surface area contributed by atoms with E-state index in [1.54, 1.807) is 12.5 Å². The number of allylic oxidation sites excluding steroid dienone is 1. The minimum absolute atomic E-state index is 0.000851. The van der Waals surface area contributed by atoms with Crippen LogP contribution in [0, 0.1) is 5.92 Å². The normalized spacial score (nSPS) is 14.3. The third kappa shape index (κ3) is 6.10. The third-order valence-electron chi connectivity index (χ3n) is 2.83. The van der Waals surface area contributed by atoms with Crippen molar-refractivity contribution in [2.75, 3.05) is 13.7 Å². The SMILES string of the molecule is COC(=O)OC/C=C/[C@H](C)CC[C@H](N)c1ccoc1. The standard InChI is InChI=1S/C14H21NO4/c1-11(4-3-8-19-14(16)17-2)5-6-13(15)12-7-9-18-10-12/h3-4,7,9-11,13H,5-6,8,15H2,1-2H3/b4-3+/t11-,13-/m0/s1. The van der Waals surface area contributed by atoms with Gasteiger partial charge in [0.1, 0.15) is 6.61 Å². The molecule has 0 saturated heterocycles. The van der Waals surface area contributed by atoms with Gasteiger partial charge in [-0.05, 0) is 24.8 Å². The second kappa shape index (κ2) is 8.37. The van der Waals surface area contributed by atoms with E-state index in [9.17, 15) is 4.79 Å². The van der Waals surface area contributed by atoms with Crippen molar-refractivity contribution >= 4 is 6.16 Å². The molecule has 0 aliphatic carbocycles. The topological polar surface area (TPSA) is 74.7 Å². The molecule has 2 N–H and O–H groups in total. The fraction of sp³-hybridized carbons (Fsp3) is 0.500. The van der Waals surface area contributed by atoms with E-state index in [-0.39, 0.29) is 12.6 Å². The van der Waals surface area contributed by atoms with Crippen molar-refractivity contribution in [3.05, 3.63) is 36.3 Å². The number of nitrogens with two attached hydrogens (primary N) is 1. The summed E-state index contributed by atoms with van der Waals surface area (Å²) in [6.45, 7) is 2.32. The molecule has 1 rings (SSSR count). The summed E-state index contributed by atoms with van der Waals surface area (Å²) in [5.41, 5.74) is 7.05. The fourth-order valence-electron chi connectivity index (χ4n) is 1.65. The van der Waals surface area contributed by atoms with Gasteiger partial charge in [-0.3, -0.25) is 0 Å². The second-order valence-corrected chi connectivity index (χ2v) is 4.41. The maximum atomic E-state index is 10.7. The number of hydrogen-bond acceptors (Lipinski definition) is 5. The number of rotatable bonds is 7. The van der Waals surface area contributed by atoms with E-state index >= 15 is 0 Å². The first kappa shape index (κ1) is 15.3. The van der Waals surface area contributed by atoms with Gasteiger partial charge in [0.15, 0.2) is 0 Å². The highest BCUT2D eigenvalue weighted by atomic mass is 16.7. The Bertz CT molecular complexity index is 386. The number of ether oxygens (including phenoxy) is 2. The monoisotopic (exact) mass is 267 g/mol. The first-order valence-corrected chi connectivity index (χ1v) is 6.28. The van der Waals surface area contributed by atoms with Gasteiger partial charge in [-0.1, -0.05) is 19.1 Å². The number of carbonyl (C=O) groups excluding carboxylic acids is 1. The number of carbonyl (C=O) groups is 1. The third-order valence-corrected chi connectivity index (χ3v) is 2.83. The van der Waals surface area contributed by atoms with E-state index in [0.717, 1.165) is 18.4 Å². The Morgan fingerprint density at radius 1 is 1.53 bits per heavy atom. The molecule has 1 aromatic heterocycles. The highest BCUT2D eigenvalue weighted by Crippen LogP contribution is 2.19. The molecule has 5 heteroatoms. The lowest BCUT2D eigenvalue weighted by Crippen LogP contribution is -2.10. The van der Waals surface area contributed by atoms with Crippen LogP contribution in [0.3, 0.4) is 0 Å². The highest BCUT2D eigenvalue weighted by molar-refractivity contribution is 5.59. The maximum absolute atomic E-state index is 10.7. The van der Waals surface area contributed by atoms with E-state index in [0.29, 0.717) is 5.92 Å². The molecule has 0 saturated carbocycles. The van der Waals surface area contributed by atoms with Crippen LogP contribution in [0.15, 0.2) is 35.2 Å². The van der Waals surface area contributed by atoms with E-state index < -0.39 is 6.16 Å². The van der Waals surface area contributed by atoms with Gasteiger partial charge in [-0.25, -0.2) is 4.79 Å². The lowest BCUT2D eigenvalue weighted by atomic mass is 9.99. The van der Waals surface area contributed by atoms with Crippen molar-refractivity contribution < 1.29 is 18.7 Å². The van der Waals surface area contributed by atoms with Crippen LogP contribution in [0.4, 0.5) is 4.79 Å². The molecule has 1 heterocycles. The molecule has 0 unspecified atom stereocenters. The van der Waals surface area contributed by atoms with E-state index in [1.807, 2.05) is 18.2 Å². The van der Waals surface area contributed by atoms with Crippen molar-refractivity contribution in [2.24, 2.45) is 11.7 Å². The molecule has 0 amide bonds. The Hall–Kier alpha value is -1.75. The summed E-state index contributed by atoms with van der Waals surface area (Å²) in [5, 5.41) is 0. The van der Waals surface area contributed by atoms with Gasteiger partial charge in [0.05, 0.1) is 19.6 Å². The van der Waals surface area contributed by atoms with Crippen molar-refractivity contribution in [1.29, 1.82) is 0 Å². The Balaban J connectivity index is 2.18. The summed E-state index contributed by atoms with van der Waals surface area (Å²) < 4.78 is 14.1.